The number of nitrogens with one attached hydrogen (secondary N) is 1. The first-order valence-electron chi connectivity index (χ1n) is 10.3. The van der Waals surface area contributed by atoms with Crippen molar-refractivity contribution in [3.8, 4) is 5.75 Å². The van der Waals surface area contributed by atoms with Gasteiger partial charge in [0.25, 0.3) is 5.91 Å². The zero-order valence-electron chi connectivity index (χ0n) is 16.6. The average Bonchev–Trinajstić information content (AvgIpc) is 3.44. The van der Waals surface area contributed by atoms with E-state index in [1.807, 2.05) is 42.5 Å². The van der Waals surface area contributed by atoms with Crippen LogP contribution in [0.4, 0.5) is 5.82 Å². The van der Waals surface area contributed by atoms with Gasteiger partial charge in [-0.25, -0.2) is 4.98 Å². The van der Waals surface area contributed by atoms with Crippen LogP contribution in [0.5, 0.6) is 5.75 Å². The van der Waals surface area contributed by atoms with Crippen LogP contribution in [0.25, 0.3) is 10.9 Å². The van der Waals surface area contributed by atoms with Crippen molar-refractivity contribution in [2.24, 2.45) is 0 Å². The van der Waals surface area contributed by atoms with Gasteiger partial charge in [-0.3, -0.25) is 4.79 Å². The molecule has 0 radical (unpaired) electrons. The van der Waals surface area contributed by atoms with Gasteiger partial charge in [-0.2, -0.15) is 0 Å². The summed E-state index contributed by atoms with van der Waals surface area (Å²) in [4.78, 5) is 20.0. The highest BCUT2D eigenvalue weighted by molar-refractivity contribution is 6.07. The van der Waals surface area contributed by atoms with Gasteiger partial charge in [0.05, 0.1) is 18.2 Å². The molecule has 1 unspecified atom stereocenters. The van der Waals surface area contributed by atoms with Crippen LogP contribution >= 0.6 is 0 Å². The van der Waals surface area contributed by atoms with Gasteiger partial charge in [0, 0.05) is 30.4 Å². The summed E-state index contributed by atoms with van der Waals surface area (Å²) in [5, 5.41) is 4.04. The van der Waals surface area contributed by atoms with Gasteiger partial charge in [-0.1, -0.05) is 36.4 Å². The fourth-order valence-electron chi connectivity index (χ4n) is 4.23. The number of aromatic nitrogens is 1. The Morgan fingerprint density at radius 3 is 2.72 bits per heavy atom. The lowest BCUT2D eigenvalue weighted by Gasteiger charge is -2.20. The van der Waals surface area contributed by atoms with E-state index >= 15 is 0 Å². The monoisotopic (exact) mass is 387 g/mol. The number of ether oxygens (including phenoxy) is 1. The van der Waals surface area contributed by atoms with Crippen LogP contribution < -0.4 is 15.0 Å². The van der Waals surface area contributed by atoms with Crippen LogP contribution in [0, 0.1) is 0 Å². The van der Waals surface area contributed by atoms with Crippen LogP contribution in [0.3, 0.4) is 0 Å². The number of nitrogens with zero attached hydrogens (tertiary/aromatic N) is 2. The SMILES string of the molecule is COc1ccccc1C1CCN(c2cc(C(=O)NC3CC3)c3ccccc3n2)C1. The highest BCUT2D eigenvalue weighted by Gasteiger charge is 2.29. The predicted molar refractivity (Wildman–Crippen MR) is 115 cm³/mol. The normalized spacial score (nSPS) is 18.8. The second kappa shape index (κ2) is 7.39. The molecule has 0 spiro atoms. The number of hydrogen-bond acceptors (Lipinski definition) is 4. The average molecular weight is 387 g/mol. The number of pyridine rings is 1. The van der Waals surface area contributed by atoms with Crippen molar-refractivity contribution in [2.45, 2.75) is 31.2 Å². The van der Waals surface area contributed by atoms with Crippen LogP contribution in [-0.4, -0.2) is 37.1 Å². The molecule has 5 rings (SSSR count). The summed E-state index contributed by atoms with van der Waals surface area (Å²) in [6.07, 6.45) is 3.20. The summed E-state index contributed by atoms with van der Waals surface area (Å²) < 4.78 is 5.56. The van der Waals surface area contributed by atoms with Gasteiger partial charge in [0.1, 0.15) is 11.6 Å². The maximum Gasteiger partial charge on any atom is 0.252 e. The third kappa shape index (κ3) is 3.53. The Morgan fingerprint density at radius 1 is 1.10 bits per heavy atom. The number of fused-ring (bicyclic) bond motifs is 1. The van der Waals surface area contributed by atoms with Gasteiger partial charge in [0.2, 0.25) is 0 Å². The highest BCUT2D eigenvalue weighted by Crippen LogP contribution is 2.36. The molecular formula is C24H25N3O2. The summed E-state index contributed by atoms with van der Waals surface area (Å²) in [5.41, 5.74) is 2.83. The number of hydrogen-bond donors (Lipinski definition) is 1. The van der Waals surface area contributed by atoms with E-state index in [4.69, 9.17) is 9.72 Å². The number of benzene rings is 2. The standard InChI is InChI=1S/C24H25N3O2/c1-29-22-9-5-3-6-18(22)16-12-13-27(15-16)23-14-20(24(28)25-17-10-11-17)19-7-2-4-8-21(19)26-23/h2-9,14,16-17H,10-13,15H2,1H3,(H,25,28). The molecule has 1 N–H and O–H groups in total. The fraction of sp³-hybridized carbons (Fsp3) is 0.333. The fourth-order valence-corrected chi connectivity index (χ4v) is 4.23. The van der Waals surface area contributed by atoms with Crippen LogP contribution in [0.2, 0.25) is 0 Å². The second-order valence-electron chi connectivity index (χ2n) is 7.97. The van der Waals surface area contributed by atoms with Crippen molar-refractivity contribution in [3.05, 3.63) is 65.7 Å². The van der Waals surface area contributed by atoms with Crippen LogP contribution in [0.15, 0.2) is 54.6 Å². The maximum absolute atomic E-state index is 12.9. The molecule has 1 aromatic heterocycles. The zero-order chi connectivity index (χ0) is 19.8. The summed E-state index contributed by atoms with van der Waals surface area (Å²) in [5.74, 6) is 2.22. The molecule has 3 aromatic rings. The largest absolute Gasteiger partial charge is 0.496 e. The van der Waals surface area contributed by atoms with Crippen molar-refractivity contribution < 1.29 is 9.53 Å². The number of carbonyl (C=O) groups is 1. The van der Waals surface area contributed by atoms with E-state index in [0.29, 0.717) is 12.0 Å². The van der Waals surface area contributed by atoms with Crippen molar-refractivity contribution in [2.75, 3.05) is 25.1 Å². The van der Waals surface area contributed by atoms with E-state index in [0.717, 1.165) is 60.4 Å². The van der Waals surface area contributed by atoms with Crippen molar-refractivity contribution in [1.29, 1.82) is 0 Å². The van der Waals surface area contributed by atoms with E-state index in [1.165, 1.54) is 5.56 Å². The molecule has 2 aromatic carbocycles. The Kier molecular flexibility index (Phi) is 4.58. The number of amides is 1. The van der Waals surface area contributed by atoms with Crippen molar-refractivity contribution in [1.82, 2.24) is 10.3 Å². The number of anilines is 1. The molecule has 2 aliphatic rings. The Hall–Kier alpha value is -3.08. The minimum atomic E-state index is 0.00725. The van der Waals surface area contributed by atoms with Gasteiger partial charge in [-0.15, -0.1) is 0 Å². The smallest absolute Gasteiger partial charge is 0.252 e. The number of methoxy groups -OCH3 is 1. The molecule has 5 heteroatoms. The van der Waals surface area contributed by atoms with Gasteiger partial charge >= 0.3 is 0 Å². The minimum Gasteiger partial charge on any atom is -0.496 e. The molecule has 148 valence electrons. The predicted octanol–water partition coefficient (Wildman–Crippen LogP) is 4.13. The van der Waals surface area contributed by atoms with E-state index in [-0.39, 0.29) is 5.91 Å². The zero-order valence-corrected chi connectivity index (χ0v) is 16.6. The Bertz CT molecular complexity index is 1060. The molecule has 1 saturated heterocycles. The van der Waals surface area contributed by atoms with Gasteiger partial charge < -0.3 is 15.0 Å². The van der Waals surface area contributed by atoms with Gasteiger partial charge in [0.15, 0.2) is 0 Å². The number of para-hydroxylation sites is 2. The molecule has 29 heavy (non-hydrogen) atoms. The van der Waals surface area contributed by atoms with E-state index in [1.54, 1.807) is 7.11 Å². The summed E-state index contributed by atoms with van der Waals surface area (Å²) >= 11 is 0. The summed E-state index contributed by atoms with van der Waals surface area (Å²) in [6.45, 7) is 1.78. The molecule has 5 nitrogen and oxygen atoms in total. The van der Waals surface area contributed by atoms with Crippen LogP contribution in [0.1, 0.15) is 41.1 Å². The first-order valence-corrected chi connectivity index (χ1v) is 10.3. The molecular weight excluding hydrogens is 362 g/mol. The molecule has 2 heterocycles. The third-order valence-corrected chi connectivity index (χ3v) is 5.95. The molecule has 2 fully saturated rings. The molecule has 1 amide bonds. The Labute approximate surface area is 170 Å². The number of carbonyl (C=O) groups excluding carboxylic acids is 1. The molecule has 1 saturated carbocycles. The number of rotatable bonds is 5. The van der Waals surface area contributed by atoms with Crippen molar-refractivity contribution >= 4 is 22.6 Å². The topological polar surface area (TPSA) is 54.5 Å². The first kappa shape index (κ1) is 18.0. The quantitative estimate of drug-likeness (QED) is 0.715. The minimum absolute atomic E-state index is 0.00725. The molecule has 1 aliphatic heterocycles. The Balaban J connectivity index is 1.46. The first-order chi connectivity index (χ1) is 14.2. The lowest BCUT2D eigenvalue weighted by atomic mass is 9.97. The van der Waals surface area contributed by atoms with E-state index < -0.39 is 0 Å². The van der Waals surface area contributed by atoms with Crippen LogP contribution in [-0.2, 0) is 0 Å². The molecule has 0 bridgehead atoms. The van der Waals surface area contributed by atoms with E-state index in [2.05, 4.69) is 22.3 Å². The second-order valence-corrected chi connectivity index (χ2v) is 7.97. The van der Waals surface area contributed by atoms with Crippen molar-refractivity contribution in [3.63, 3.8) is 0 Å². The summed E-state index contributed by atoms with van der Waals surface area (Å²) in [6, 6.07) is 18.4. The Morgan fingerprint density at radius 2 is 1.90 bits per heavy atom. The lowest BCUT2D eigenvalue weighted by molar-refractivity contribution is 0.0952. The maximum atomic E-state index is 12.9. The molecule has 1 atom stereocenters. The van der Waals surface area contributed by atoms with E-state index in [9.17, 15) is 4.79 Å². The highest BCUT2D eigenvalue weighted by atomic mass is 16.5. The third-order valence-electron chi connectivity index (χ3n) is 5.95. The summed E-state index contributed by atoms with van der Waals surface area (Å²) in [7, 11) is 1.72. The van der Waals surface area contributed by atoms with Gasteiger partial charge in [-0.05, 0) is 43.0 Å². The molecule has 1 aliphatic carbocycles. The lowest BCUT2D eigenvalue weighted by Crippen LogP contribution is -2.27.